The molecule has 0 saturated carbocycles. The summed E-state index contributed by atoms with van der Waals surface area (Å²) in [4.78, 5) is 11.7. The highest BCUT2D eigenvalue weighted by Crippen LogP contribution is 2.26. The average molecular weight is 236 g/mol. The Hall–Kier alpha value is -1.84. The second-order valence-corrected chi connectivity index (χ2v) is 4.15. The van der Waals surface area contributed by atoms with Crippen molar-refractivity contribution < 1.29 is 18.3 Å². The number of fused-ring (bicyclic) bond motifs is 1. The Kier molecular flexibility index (Phi) is 2.88. The van der Waals surface area contributed by atoms with Gasteiger partial charge in [-0.3, -0.25) is 0 Å². The SMILES string of the molecule is Cc1c(C(=O)OC(C)C)oc2ccc(F)cc12. The molecule has 0 bridgehead atoms. The van der Waals surface area contributed by atoms with Gasteiger partial charge in [-0.1, -0.05) is 0 Å². The zero-order valence-corrected chi connectivity index (χ0v) is 9.91. The van der Waals surface area contributed by atoms with Gasteiger partial charge in [-0.2, -0.15) is 0 Å². The van der Waals surface area contributed by atoms with Crippen molar-refractivity contribution in [3.63, 3.8) is 0 Å². The number of carbonyl (C=O) groups excluding carboxylic acids is 1. The summed E-state index contributed by atoms with van der Waals surface area (Å²) >= 11 is 0. The molecule has 3 nitrogen and oxygen atoms in total. The van der Waals surface area contributed by atoms with E-state index in [2.05, 4.69) is 0 Å². The minimum Gasteiger partial charge on any atom is -0.457 e. The molecule has 0 saturated heterocycles. The summed E-state index contributed by atoms with van der Waals surface area (Å²) in [6, 6.07) is 4.15. The summed E-state index contributed by atoms with van der Waals surface area (Å²) in [5.41, 5.74) is 1.09. The standard InChI is InChI=1S/C13H13FO3/c1-7(2)16-13(15)12-8(3)10-6-9(14)4-5-11(10)17-12/h4-7H,1-3H3. The monoisotopic (exact) mass is 236 g/mol. The normalized spacial score (nSPS) is 11.1. The topological polar surface area (TPSA) is 39.4 Å². The molecule has 0 amide bonds. The van der Waals surface area contributed by atoms with E-state index in [0.717, 1.165) is 0 Å². The highest BCUT2D eigenvalue weighted by molar-refractivity contribution is 5.95. The first-order valence-electron chi connectivity index (χ1n) is 5.38. The Morgan fingerprint density at radius 1 is 1.41 bits per heavy atom. The molecule has 1 heterocycles. The number of aryl methyl sites for hydroxylation is 1. The lowest BCUT2D eigenvalue weighted by Crippen LogP contribution is -2.11. The molecule has 0 aliphatic heterocycles. The van der Waals surface area contributed by atoms with Crippen LogP contribution in [-0.4, -0.2) is 12.1 Å². The number of carbonyl (C=O) groups is 1. The van der Waals surface area contributed by atoms with Crippen molar-refractivity contribution in [1.82, 2.24) is 0 Å². The van der Waals surface area contributed by atoms with Crippen molar-refractivity contribution in [2.75, 3.05) is 0 Å². The van der Waals surface area contributed by atoms with Gasteiger partial charge in [-0.05, 0) is 39.0 Å². The molecule has 1 aromatic carbocycles. The minimum absolute atomic E-state index is 0.138. The first-order chi connectivity index (χ1) is 7.99. The molecule has 0 unspecified atom stereocenters. The van der Waals surface area contributed by atoms with E-state index in [4.69, 9.17) is 9.15 Å². The molecule has 17 heavy (non-hydrogen) atoms. The maximum absolute atomic E-state index is 13.1. The quantitative estimate of drug-likeness (QED) is 0.750. The Labute approximate surface area is 98.2 Å². The van der Waals surface area contributed by atoms with E-state index >= 15 is 0 Å². The fourth-order valence-electron chi connectivity index (χ4n) is 1.66. The van der Waals surface area contributed by atoms with Gasteiger partial charge in [0, 0.05) is 10.9 Å². The van der Waals surface area contributed by atoms with Gasteiger partial charge >= 0.3 is 5.97 Å². The number of furan rings is 1. The van der Waals surface area contributed by atoms with Crippen molar-refractivity contribution in [2.45, 2.75) is 26.9 Å². The van der Waals surface area contributed by atoms with Crippen LogP contribution in [0.3, 0.4) is 0 Å². The van der Waals surface area contributed by atoms with E-state index < -0.39 is 5.97 Å². The zero-order chi connectivity index (χ0) is 12.6. The lowest BCUT2D eigenvalue weighted by atomic mass is 10.1. The van der Waals surface area contributed by atoms with Crippen LogP contribution in [0, 0.1) is 12.7 Å². The van der Waals surface area contributed by atoms with E-state index in [-0.39, 0.29) is 17.7 Å². The first kappa shape index (κ1) is 11.6. The molecule has 1 aromatic heterocycles. The maximum atomic E-state index is 13.1. The molecule has 2 aromatic rings. The van der Waals surface area contributed by atoms with Crippen LogP contribution in [0.15, 0.2) is 22.6 Å². The average Bonchev–Trinajstić information content (AvgIpc) is 2.55. The fraction of sp³-hybridized carbons (Fsp3) is 0.308. The van der Waals surface area contributed by atoms with Gasteiger partial charge in [0.2, 0.25) is 5.76 Å². The third-order valence-corrected chi connectivity index (χ3v) is 2.43. The number of ether oxygens (including phenoxy) is 1. The van der Waals surface area contributed by atoms with Crippen LogP contribution in [0.2, 0.25) is 0 Å². The Morgan fingerprint density at radius 2 is 2.12 bits per heavy atom. The van der Waals surface area contributed by atoms with Gasteiger partial charge in [0.25, 0.3) is 0 Å². The van der Waals surface area contributed by atoms with Crippen LogP contribution in [0.5, 0.6) is 0 Å². The number of halogens is 1. The van der Waals surface area contributed by atoms with Gasteiger partial charge in [0.1, 0.15) is 11.4 Å². The van der Waals surface area contributed by atoms with Crippen LogP contribution in [0.4, 0.5) is 4.39 Å². The van der Waals surface area contributed by atoms with E-state index in [0.29, 0.717) is 16.5 Å². The molecule has 0 N–H and O–H groups in total. The number of rotatable bonds is 2. The predicted molar refractivity (Wildman–Crippen MR) is 61.5 cm³/mol. The van der Waals surface area contributed by atoms with Gasteiger partial charge in [0.05, 0.1) is 6.10 Å². The van der Waals surface area contributed by atoms with Crippen LogP contribution in [-0.2, 0) is 4.74 Å². The fourth-order valence-corrected chi connectivity index (χ4v) is 1.66. The summed E-state index contributed by atoms with van der Waals surface area (Å²) in [7, 11) is 0. The largest absolute Gasteiger partial charge is 0.457 e. The molecule has 4 heteroatoms. The molecule has 0 fully saturated rings. The molecule has 90 valence electrons. The molecule has 2 rings (SSSR count). The lowest BCUT2D eigenvalue weighted by Gasteiger charge is -2.05. The van der Waals surface area contributed by atoms with E-state index in [1.54, 1.807) is 20.8 Å². The maximum Gasteiger partial charge on any atom is 0.374 e. The van der Waals surface area contributed by atoms with Crippen molar-refractivity contribution >= 4 is 16.9 Å². The third-order valence-electron chi connectivity index (χ3n) is 2.43. The summed E-state index contributed by atoms with van der Waals surface area (Å²) in [5.74, 6) is -0.737. The molecule has 0 aliphatic rings. The smallest absolute Gasteiger partial charge is 0.374 e. The highest BCUT2D eigenvalue weighted by atomic mass is 19.1. The lowest BCUT2D eigenvalue weighted by molar-refractivity contribution is 0.0343. The van der Waals surface area contributed by atoms with Crippen LogP contribution in [0.1, 0.15) is 30.0 Å². The van der Waals surface area contributed by atoms with Crippen molar-refractivity contribution in [1.29, 1.82) is 0 Å². The summed E-state index contributed by atoms with van der Waals surface area (Å²) in [6.45, 7) is 5.23. The van der Waals surface area contributed by atoms with Crippen LogP contribution >= 0.6 is 0 Å². The van der Waals surface area contributed by atoms with E-state index in [1.807, 2.05) is 0 Å². The number of benzene rings is 1. The highest BCUT2D eigenvalue weighted by Gasteiger charge is 2.20. The number of hydrogen-bond donors (Lipinski definition) is 0. The molecule has 0 spiro atoms. The van der Waals surface area contributed by atoms with E-state index in [9.17, 15) is 9.18 Å². The summed E-state index contributed by atoms with van der Waals surface area (Å²) < 4.78 is 23.5. The molecular weight excluding hydrogens is 223 g/mol. The zero-order valence-electron chi connectivity index (χ0n) is 9.91. The second-order valence-electron chi connectivity index (χ2n) is 4.15. The second kappa shape index (κ2) is 4.20. The molecule has 0 atom stereocenters. The first-order valence-corrected chi connectivity index (χ1v) is 5.38. The van der Waals surface area contributed by atoms with Gasteiger partial charge in [-0.25, -0.2) is 9.18 Å². The van der Waals surface area contributed by atoms with Crippen LogP contribution < -0.4 is 0 Å². The van der Waals surface area contributed by atoms with Gasteiger partial charge in [0.15, 0.2) is 0 Å². The van der Waals surface area contributed by atoms with Gasteiger partial charge in [-0.15, -0.1) is 0 Å². The van der Waals surface area contributed by atoms with Crippen LogP contribution in [0.25, 0.3) is 11.0 Å². The van der Waals surface area contributed by atoms with Gasteiger partial charge < -0.3 is 9.15 Å². The minimum atomic E-state index is -0.519. The van der Waals surface area contributed by atoms with E-state index in [1.165, 1.54) is 18.2 Å². The Balaban J connectivity index is 2.49. The Bertz CT molecular complexity index is 569. The van der Waals surface area contributed by atoms with Crippen molar-refractivity contribution in [3.05, 3.63) is 35.3 Å². The number of esters is 1. The third kappa shape index (κ3) is 2.16. The summed E-state index contributed by atoms with van der Waals surface area (Å²) in [5, 5.41) is 0.598. The van der Waals surface area contributed by atoms with Crippen molar-refractivity contribution in [3.8, 4) is 0 Å². The summed E-state index contributed by atoms with van der Waals surface area (Å²) in [6.07, 6.45) is -0.216. The predicted octanol–water partition coefficient (Wildman–Crippen LogP) is 3.45. The Morgan fingerprint density at radius 3 is 2.76 bits per heavy atom. The molecular formula is C13H13FO3. The molecule has 0 aliphatic carbocycles. The number of hydrogen-bond acceptors (Lipinski definition) is 3. The van der Waals surface area contributed by atoms with Crippen molar-refractivity contribution in [2.24, 2.45) is 0 Å². The molecule has 0 radical (unpaired) electrons.